The Bertz CT molecular complexity index is 1360. The SMILES string of the molecule is NC1=N[C@@H](C(=O)O)[C@@H]2[NH+]=C(N)N[C@]23N1C[C@H](NC(=O)c1cccc2c1Cc1ccccc1-2)C3(O)O. The molecule has 0 aromatic heterocycles. The number of hydrogen-bond acceptors (Lipinski definition) is 9. The molecule has 3 aliphatic heterocycles. The van der Waals surface area contributed by atoms with Crippen LogP contribution in [0.2, 0.25) is 0 Å². The van der Waals surface area contributed by atoms with Crippen LogP contribution in [0.3, 0.4) is 0 Å². The molecule has 12 heteroatoms. The number of nitrogens with zero attached hydrogens (tertiary/aromatic N) is 2. The van der Waals surface area contributed by atoms with Crippen LogP contribution in [0, 0.1) is 0 Å². The summed E-state index contributed by atoms with van der Waals surface area (Å²) in [5.74, 6) is -4.75. The maximum absolute atomic E-state index is 13.4. The topological polar surface area (TPSA) is 200 Å². The maximum Gasteiger partial charge on any atom is 0.343 e. The summed E-state index contributed by atoms with van der Waals surface area (Å²) in [6, 6.07) is 9.48. The van der Waals surface area contributed by atoms with E-state index in [-0.39, 0.29) is 18.5 Å². The largest absolute Gasteiger partial charge is 0.480 e. The lowest BCUT2D eigenvalue weighted by atomic mass is 9.85. The molecule has 1 saturated heterocycles. The highest BCUT2D eigenvalue weighted by molar-refractivity contribution is 5.99. The summed E-state index contributed by atoms with van der Waals surface area (Å²) in [5, 5.41) is 38.0. The maximum atomic E-state index is 13.4. The van der Waals surface area contributed by atoms with Crippen LogP contribution < -0.4 is 27.1 Å². The summed E-state index contributed by atoms with van der Waals surface area (Å²) in [7, 11) is 0. The lowest BCUT2D eigenvalue weighted by Crippen LogP contribution is -2.90. The molecule has 3 heterocycles. The number of carboxylic acids is 1. The average molecular weight is 478 g/mol. The zero-order chi connectivity index (χ0) is 24.7. The van der Waals surface area contributed by atoms with Gasteiger partial charge in [0.25, 0.3) is 11.6 Å². The van der Waals surface area contributed by atoms with Crippen LogP contribution in [-0.4, -0.2) is 80.1 Å². The van der Waals surface area contributed by atoms with Gasteiger partial charge in [0.15, 0.2) is 18.0 Å². The van der Waals surface area contributed by atoms with Gasteiger partial charge in [0, 0.05) is 5.56 Å². The molecule has 12 nitrogen and oxygen atoms in total. The molecule has 6 rings (SSSR count). The Balaban J connectivity index is 1.35. The molecule has 0 radical (unpaired) electrons. The van der Waals surface area contributed by atoms with Crippen LogP contribution in [0.5, 0.6) is 0 Å². The van der Waals surface area contributed by atoms with Crippen LogP contribution in [0.15, 0.2) is 47.5 Å². The van der Waals surface area contributed by atoms with Gasteiger partial charge in [0.2, 0.25) is 5.79 Å². The first-order valence-electron chi connectivity index (χ1n) is 11.1. The summed E-state index contributed by atoms with van der Waals surface area (Å²) < 4.78 is 0. The number of fused-ring (bicyclic) bond motifs is 3. The number of aliphatic hydroxyl groups is 2. The molecule has 1 aliphatic carbocycles. The number of aliphatic imine (C=N–C) groups is 1. The van der Waals surface area contributed by atoms with Crippen molar-refractivity contribution in [3.63, 3.8) is 0 Å². The van der Waals surface area contributed by atoms with Crippen molar-refractivity contribution >= 4 is 23.8 Å². The zero-order valence-corrected chi connectivity index (χ0v) is 18.4. The number of benzene rings is 2. The first-order chi connectivity index (χ1) is 16.6. The van der Waals surface area contributed by atoms with Gasteiger partial charge < -0.3 is 26.4 Å². The minimum atomic E-state index is -2.67. The van der Waals surface area contributed by atoms with E-state index in [1.54, 1.807) is 12.1 Å². The fourth-order valence-electron chi connectivity index (χ4n) is 5.88. The van der Waals surface area contributed by atoms with E-state index in [2.05, 4.69) is 20.6 Å². The molecule has 35 heavy (non-hydrogen) atoms. The fraction of sp³-hybridized carbons (Fsp3) is 0.304. The molecule has 1 fully saturated rings. The van der Waals surface area contributed by atoms with E-state index in [0.717, 1.165) is 22.3 Å². The number of nitrogens with one attached hydrogen (secondary N) is 3. The molecule has 1 spiro atoms. The predicted octanol–water partition coefficient (Wildman–Crippen LogP) is -3.80. The first-order valence-corrected chi connectivity index (χ1v) is 11.1. The number of nitrogens with two attached hydrogens (primary N) is 2. The van der Waals surface area contributed by atoms with E-state index in [1.165, 1.54) is 4.90 Å². The van der Waals surface area contributed by atoms with Crippen molar-refractivity contribution in [2.45, 2.75) is 36.0 Å². The van der Waals surface area contributed by atoms with Gasteiger partial charge >= 0.3 is 11.9 Å². The Kier molecular flexibility index (Phi) is 4.23. The lowest BCUT2D eigenvalue weighted by Gasteiger charge is -2.45. The predicted molar refractivity (Wildman–Crippen MR) is 123 cm³/mol. The van der Waals surface area contributed by atoms with Crippen LogP contribution in [-0.2, 0) is 11.2 Å². The van der Waals surface area contributed by atoms with Crippen molar-refractivity contribution < 1.29 is 29.9 Å². The monoisotopic (exact) mass is 478 g/mol. The van der Waals surface area contributed by atoms with Gasteiger partial charge in [-0.05, 0) is 34.7 Å². The van der Waals surface area contributed by atoms with Crippen LogP contribution in [0.25, 0.3) is 11.1 Å². The van der Waals surface area contributed by atoms with Gasteiger partial charge in [-0.25, -0.2) is 15.1 Å². The minimum Gasteiger partial charge on any atom is -0.480 e. The number of amides is 1. The highest BCUT2D eigenvalue weighted by Gasteiger charge is 2.77. The second-order valence-electron chi connectivity index (χ2n) is 9.23. The number of rotatable bonds is 3. The Labute approximate surface area is 199 Å². The number of guanidine groups is 2. The summed E-state index contributed by atoms with van der Waals surface area (Å²) in [6.45, 7) is -0.145. The van der Waals surface area contributed by atoms with Crippen molar-refractivity contribution in [3.8, 4) is 11.1 Å². The highest BCUT2D eigenvalue weighted by atomic mass is 16.5. The lowest BCUT2D eigenvalue weighted by molar-refractivity contribution is -0.519. The normalized spacial score (nSPS) is 29.2. The molecule has 0 bridgehead atoms. The number of carbonyl (C=O) groups excluding carboxylic acids is 1. The van der Waals surface area contributed by atoms with Crippen molar-refractivity contribution in [1.82, 2.24) is 15.5 Å². The third kappa shape index (κ3) is 2.68. The molecule has 2 aromatic carbocycles. The van der Waals surface area contributed by atoms with Crippen LogP contribution in [0.4, 0.5) is 0 Å². The highest BCUT2D eigenvalue weighted by Crippen LogP contribution is 2.42. The number of carboxylic acid groups (broad SMARTS) is 1. The van der Waals surface area contributed by atoms with Gasteiger partial charge in [-0.1, -0.05) is 36.4 Å². The molecule has 1 amide bonds. The van der Waals surface area contributed by atoms with E-state index in [1.807, 2.05) is 30.3 Å². The molecule has 4 aliphatic rings. The van der Waals surface area contributed by atoms with Crippen molar-refractivity contribution in [2.24, 2.45) is 16.5 Å². The number of carbonyl (C=O) groups is 2. The van der Waals surface area contributed by atoms with Crippen molar-refractivity contribution in [1.29, 1.82) is 0 Å². The van der Waals surface area contributed by atoms with Gasteiger partial charge in [-0.3, -0.25) is 20.4 Å². The Hall–Kier alpha value is -4.16. The molecule has 4 atom stereocenters. The fourth-order valence-corrected chi connectivity index (χ4v) is 5.88. The summed E-state index contributed by atoms with van der Waals surface area (Å²) in [5.41, 5.74) is 14.5. The molecule has 0 unspecified atom stereocenters. The van der Waals surface area contributed by atoms with Crippen LogP contribution >= 0.6 is 0 Å². The molecule has 180 valence electrons. The van der Waals surface area contributed by atoms with Crippen molar-refractivity contribution in [3.05, 3.63) is 59.2 Å². The van der Waals surface area contributed by atoms with Gasteiger partial charge in [0.05, 0.1) is 6.54 Å². The number of aliphatic carboxylic acids is 1. The second-order valence-corrected chi connectivity index (χ2v) is 9.23. The zero-order valence-electron chi connectivity index (χ0n) is 18.4. The quantitative estimate of drug-likeness (QED) is 0.174. The molecule has 2 aromatic rings. The summed E-state index contributed by atoms with van der Waals surface area (Å²) in [4.78, 5) is 33.4. The standard InChI is InChI=1S/C23H23N7O5/c24-20-28-17-16(19(32)33)27-21(25)30-9-15(23(34,35)22(17,30)29-20)26-18(31)13-7-3-6-12-11-5-2-1-4-10(11)8-14(12)13/h1-7,15-17,34-35H,8-9H2,(H2,25,27)(H,26,31)(H,32,33)(H3,24,28,29)/p+1/t15-,16+,17-,22-/m0/s1. The van der Waals surface area contributed by atoms with E-state index in [0.29, 0.717) is 12.0 Å². The minimum absolute atomic E-state index is 0.0609. The second kappa shape index (κ2) is 6.93. The smallest absolute Gasteiger partial charge is 0.343 e. The first kappa shape index (κ1) is 21.4. The van der Waals surface area contributed by atoms with E-state index in [4.69, 9.17) is 11.5 Å². The van der Waals surface area contributed by atoms with E-state index < -0.39 is 41.5 Å². The molecule has 0 saturated carbocycles. The van der Waals surface area contributed by atoms with Crippen molar-refractivity contribution in [2.75, 3.05) is 6.54 Å². The Morgan fingerprint density at radius 3 is 2.66 bits per heavy atom. The Morgan fingerprint density at radius 1 is 1.14 bits per heavy atom. The molecular formula is C23H24N7O5+. The van der Waals surface area contributed by atoms with Gasteiger partial charge in [-0.15, -0.1) is 0 Å². The van der Waals surface area contributed by atoms with E-state index >= 15 is 0 Å². The average Bonchev–Trinajstić information content (AvgIpc) is 3.43. The third-order valence-electron chi connectivity index (χ3n) is 7.44. The van der Waals surface area contributed by atoms with E-state index in [9.17, 15) is 24.9 Å². The molecule has 10 N–H and O–H groups in total. The molecular weight excluding hydrogens is 454 g/mol. The van der Waals surface area contributed by atoms with Gasteiger partial charge in [-0.2, -0.15) is 0 Å². The Morgan fingerprint density at radius 2 is 1.89 bits per heavy atom. The number of hydrogen-bond donors (Lipinski definition) is 8. The van der Waals surface area contributed by atoms with Gasteiger partial charge in [0.1, 0.15) is 6.04 Å². The summed E-state index contributed by atoms with van der Waals surface area (Å²) >= 11 is 0. The summed E-state index contributed by atoms with van der Waals surface area (Å²) in [6.07, 6.45) is 0.582. The van der Waals surface area contributed by atoms with Crippen LogP contribution in [0.1, 0.15) is 21.5 Å². The third-order valence-corrected chi connectivity index (χ3v) is 7.44.